The topological polar surface area (TPSA) is 36.7 Å². The van der Waals surface area contributed by atoms with Crippen LogP contribution in [0.2, 0.25) is 10.2 Å². The lowest BCUT2D eigenvalue weighted by Crippen LogP contribution is -1.84. The Balaban J connectivity index is 2.30. The van der Waals surface area contributed by atoms with Crippen LogP contribution in [0.15, 0.2) is 46.3 Å². The molecule has 0 aliphatic rings. The van der Waals surface area contributed by atoms with Gasteiger partial charge in [0.25, 0.3) is 0 Å². The second kappa shape index (κ2) is 5.42. The Morgan fingerprint density at radius 2 is 2.00 bits per heavy atom. The zero-order chi connectivity index (χ0) is 12.3. The molecule has 0 amide bonds. The van der Waals surface area contributed by atoms with Crippen LogP contribution < -0.4 is 0 Å². The maximum Gasteiger partial charge on any atom is 0.131 e. The van der Waals surface area contributed by atoms with E-state index in [4.69, 9.17) is 28.5 Å². The van der Waals surface area contributed by atoms with Crippen LogP contribution in [0.3, 0.4) is 0 Å². The van der Waals surface area contributed by atoms with Crippen molar-refractivity contribution in [2.24, 2.45) is 0 Å². The van der Waals surface area contributed by atoms with Gasteiger partial charge in [-0.1, -0.05) is 41.0 Å². The fourth-order valence-electron chi connectivity index (χ4n) is 1.24. The van der Waals surface area contributed by atoms with Crippen molar-refractivity contribution in [3.8, 4) is 6.07 Å². The lowest BCUT2D eigenvalue weighted by molar-refractivity contribution is 1.12. The van der Waals surface area contributed by atoms with Gasteiger partial charge in [0.05, 0.1) is 11.6 Å². The SMILES string of the molecule is N#Cc1cc(Cl)nc(Sc2cccc(Cl)c2)c1. The molecule has 2 rings (SSSR count). The number of hydrogen-bond acceptors (Lipinski definition) is 3. The summed E-state index contributed by atoms with van der Waals surface area (Å²) in [5.74, 6) is 0. The van der Waals surface area contributed by atoms with Crippen LogP contribution in [0, 0.1) is 11.3 Å². The van der Waals surface area contributed by atoms with E-state index in [0.717, 1.165) is 4.90 Å². The van der Waals surface area contributed by atoms with Gasteiger partial charge < -0.3 is 0 Å². The highest BCUT2D eigenvalue weighted by Crippen LogP contribution is 2.29. The first-order chi connectivity index (χ1) is 8.17. The predicted octanol–water partition coefficient (Wildman–Crippen LogP) is 4.41. The number of nitrogens with zero attached hydrogens (tertiary/aromatic N) is 2. The molecule has 1 aromatic carbocycles. The number of halogens is 2. The average molecular weight is 281 g/mol. The first-order valence-electron chi connectivity index (χ1n) is 4.68. The molecule has 0 saturated carbocycles. The third-order valence-corrected chi connectivity index (χ3v) is 3.25. The molecule has 0 N–H and O–H groups in total. The van der Waals surface area contributed by atoms with Crippen molar-refractivity contribution in [3.63, 3.8) is 0 Å². The first-order valence-corrected chi connectivity index (χ1v) is 6.26. The molecule has 0 atom stereocenters. The molecule has 2 nitrogen and oxygen atoms in total. The molecule has 5 heteroatoms. The van der Waals surface area contributed by atoms with Crippen LogP contribution in [0.25, 0.3) is 0 Å². The van der Waals surface area contributed by atoms with E-state index < -0.39 is 0 Å². The van der Waals surface area contributed by atoms with Crippen molar-refractivity contribution < 1.29 is 0 Å². The van der Waals surface area contributed by atoms with Gasteiger partial charge in [-0.25, -0.2) is 4.98 Å². The monoisotopic (exact) mass is 280 g/mol. The van der Waals surface area contributed by atoms with Gasteiger partial charge in [0.2, 0.25) is 0 Å². The van der Waals surface area contributed by atoms with E-state index in [9.17, 15) is 0 Å². The van der Waals surface area contributed by atoms with Crippen LogP contribution in [0.4, 0.5) is 0 Å². The zero-order valence-corrected chi connectivity index (χ0v) is 10.9. The van der Waals surface area contributed by atoms with Crippen LogP contribution in [0.5, 0.6) is 0 Å². The summed E-state index contributed by atoms with van der Waals surface area (Å²) >= 11 is 13.1. The summed E-state index contributed by atoms with van der Waals surface area (Å²) in [4.78, 5) is 5.10. The lowest BCUT2D eigenvalue weighted by atomic mass is 10.3. The molecule has 0 unspecified atom stereocenters. The fraction of sp³-hybridized carbons (Fsp3) is 0. The highest BCUT2D eigenvalue weighted by Gasteiger charge is 2.03. The number of pyridine rings is 1. The second-order valence-electron chi connectivity index (χ2n) is 3.19. The van der Waals surface area contributed by atoms with Crippen LogP contribution in [0.1, 0.15) is 5.56 Å². The third kappa shape index (κ3) is 3.37. The number of rotatable bonds is 2. The molecule has 0 aliphatic heterocycles. The van der Waals surface area contributed by atoms with Gasteiger partial charge in [-0.15, -0.1) is 0 Å². The highest BCUT2D eigenvalue weighted by atomic mass is 35.5. The Hall–Kier alpha value is -1.21. The number of benzene rings is 1. The number of hydrogen-bond donors (Lipinski definition) is 0. The molecule has 17 heavy (non-hydrogen) atoms. The Kier molecular flexibility index (Phi) is 3.90. The van der Waals surface area contributed by atoms with Gasteiger partial charge >= 0.3 is 0 Å². The molecular weight excluding hydrogens is 275 g/mol. The van der Waals surface area contributed by atoms with E-state index >= 15 is 0 Å². The molecule has 0 fully saturated rings. The van der Waals surface area contributed by atoms with Gasteiger partial charge in [-0.3, -0.25) is 0 Å². The van der Waals surface area contributed by atoms with Crippen molar-refractivity contribution in [3.05, 3.63) is 52.1 Å². The minimum atomic E-state index is 0.313. The minimum Gasteiger partial charge on any atom is -0.229 e. The molecule has 0 aliphatic carbocycles. The highest BCUT2D eigenvalue weighted by molar-refractivity contribution is 7.99. The molecule has 0 spiro atoms. The largest absolute Gasteiger partial charge is 0.229 e. The second-order valence-corrected chi connectivity index (χ2v) is 5.11. The third-order valence-electron chi connectivity index (χ3n) is 1.92. The lowest BCUT2D eigenvalue weighted by Gasteiger charge is -2.02. The fourth-order valence-corrected chi connectivity index (χ4v) is 2.66. The summed E-state index contributed by atoms with van der Waals surface area (Å²) in [5.41, 5.74) is 0.495. The van der Waals surface area contributed by atoms with Crippen molar-refractivity contribution in [2.75, 3.05) is 0 Å². The predicted molar refractivity (Wildman–Crippen MR) is 69.5 cm³/mol. The summed E-state index contributed by atoms with van der Waals surface area (Å²) in [6.07, 6.45) is 0. The Morgan fingerprint density at radius 3 is 2.71 bits per heavy atom. The summed E-state index contributed by atoms with van der Waals surface area (Å²) in [7, 11) is 0. The van der Waals surface area contributed by atoms with Gasteiger partial charge in [0, 0.05) is 9.92 Å². The standard InChI is InChI=1S/C12H6Cl2N2S/c13-9-2-1-3-10(6-9)17-12-5-8(7-15)4-11(14)16-12/h1-6H. The van der Waals surface area contributed by atoms with E-state index in [1.54, 1.807) is 12.1 Å². The minimum absolute atomic E-state index is 0.313. The molecule has 0 saturated heterocycles. The summed E-state index contributed by atoms with van der Waals surface area (Å²) in [6, 6.07) is 12.7. The maximum atomic E-state index is 8.83. The number of nitriles is 1. The summed E-state index contributed by atoms with van der Waals surface area (Å²) < 4.78 is 0. The summed E-state index contributed by atoms with van der Waals surface area (Å²) in [6.45, 7) is 0. The Labute approximate surface area is 113 Å². The molecule has 84 valence electrons. The van der Waals surface area contributed by atoms with E-state index in [0.29, 0.717) is 20.8 Å². The smallest absolute Gasteiger partial charge is 0.131 e. The Bertz CT molecular complexity index is 593. The van der Waals surface area contributed by atoms with E-state index in [1.807, 2.05) is 24.3 Å². The number of aromatic nitrogens is 1. The van der Waals surface area contributed by atoms with Gasteiger partial charge in [0.1, 0.15) is 10.2 Å². The van der Waals surface area contributed by atoms with Gasteiger partial charge in [0.15, 0.2) is 0 Å². The summed E-state index contributed by atoms with van der Waals surface area (Å²) in [5, 5.41) is 10.5. The molecule has 2 aromatic rings. The average Bonchev–Trinajstić information content (AvgIpc) is 2.28. The van der Waals surface area contributed by atoms with E-state index in [-0.39, 0.29) is 0 Å². The quantitative estimate of drug-likeness (QED) is 0.765. The van der Waals surface area contributed by atoms with Gasteiger partial charge in [-0.2, -0.15) is 5.26 Å². The van der Waals surface area contributed by atoms with E-state index in [1.165, 1.54) is 17.8 Å². The Morgan fingerprint density at radius 1 is 1.18 bits per heavy atom. The van der Waals surface area contributed by atoms with Crippen molar-refractivity contribution >= 4 is 35.0 Å². The molecule has 1 heterocycles. The molecule has 1 aromatic heterocycles. The van der Waals surface area contributed by atoms with E-state index in [2.05, 4.69) is 4.98 Å². The molecule has 0 radical (unpaired) electrons. The van der Waals surface area contributed by atoms with Gasteiger partial charge in [-0.05, 0) is 30.3 Å². The van der Waals surface area contributed by atoms with Crippen molar-refractivity contribution in [2.45, 2.75) is 9.92 Å². The first kappa shape index (κ1) is 12.3. The van der Waals surface area contributed by atoms with Crippen molar-refractivity contribution in [1.29, 1.82) is 5.26 Å². The molecule has 0 bridgehead atoms. The van der Waals surface area contributed by atoms with Crippen molar-refractivity contribution in [1.82, 2.24) is 4.98 Å². The maximum absolute atomic E-state index is 8.83. The van der Waals surface area contributed by atoms with Crippen LogP contribution in [-0.4, -0.2) is 4.98 Å². The van der Waals surface area contributed by atoms with Crippen LogP contribution in [-0.2, 0) is 0 Å². The molecular formula is C12H6Cl2N2S. The normalized spacial score (nSPS) is 9.94. The zero-order valence-electron chi connectivity index (χ0n) is 8.52. The van der Waals surface area contributed by atoms with Crippen LogP contribution >= 0.6 is 35.0 Å².